The first-order valence-corrected chi connectivity index (χ1v) is 7.36. The fourth-order valence-corrected chi connectivity index (χ4v) is 2.64. The molecule has 0 aliphatic heterocycles. The second-order valence-electron chi connectivity index (χ2n) is 5.12. The van der Waals surface area contributed by atoms with E-state index in [1.807, 2.05) is 0 Å². The van der Waals surface area contributed by atoms with Crippen molar-refractivity contribution in [1.29, 1.82) is 0 Å². The minimum atomic E-state index is -2.86. The van der Waals surface area contributed by atoms with E-state index in [9.17, 15) is 18.0 Å². The van der Waals surface area contributed by atoms with Crippen LogP contribution in [-0.2, 0) is 4.79 Å². The highest BCUT2D eigenvalue weighted by atomic mass is 35.5. The maximum atomic E-state index is 14.3. The zero-order valence-corrected chi connectivity index (χ0v) is 12.4. The quantitative estimate of drug-likeness (QED) is 0.738. The third-order valence-corrected chi connectivity index (χ3v) is 3.88. The summed E-state index contributed by atoms with van der Waals surface area (Å²) in [5, 5.41) is -0.205. The van der Waals surface area contributed by atoms with Gasteiger partial charge < -0.3 is 4.90 Å². The average molecular weight is 320 g/mol. The molecular formula is C15H17ClF3NO. The molecule has 0 N–H and O–H groups in total. The van der Waals surface area contributed by atoms with E-state index >= 15 is 0 Å². The Labute approximate surface area is 126 Å². The molecule has 116 valence electrons. The molecule has 2 rings (SSSR count). The van der Waals surface area contributed by atoms with Gasteiger partial charge in [0, 0.05) is 18.0 Å². The van der Waals surface area contributed by atoms with E-state index in [0.29, 0.717) is 19.3 Å². The van der Waals surface area contributed by atoms with Crippen molar-refractivity contribution in [2.75, 3.05) is 0 Å². The van der Waals surface area contributed by atoms with E-state index in [1.54, 1.807) is 13.0 Å². The van der Waals surface area contributed by atoms with E-state index in [2.05, 4.69) is 0 Å². The lowest BCUT2D eigenvalue weighted by Crippen LogP contribution is -2.47. The van der Waals surface area contributed by atoms with Crippen molar-refractivity contribution >= 4 is 17.5 Å². The number of allylic oxidation sites excluding steroid dienone is 4. The molecular weight excluding hydrogens is 303 g/mol. The van der Waals surface area contributed by atoms with Crippen LogP contribution >= 0.6 is 11.6 Å². The summed E-state index contributed by atoms with van der Waals surface area (Å²) in [6, 6.07) is -1.79. The van der Waals surface area contributed by atoms with Crippen molar-refractivity contribution in [3.63, 3.8) is 0 Å². The first-order valence-electron chi connectivity index (χ1n) is 6.98. The number of carbonyl (C=O) groups is 1. The van der Waals surface area contributed by atoms with Crippen molar-refractivity contribution < 1.29 is 18.0 Å². The van der Waals surface area contributed by atoms with Crippen LogP contribution < -0.4 is 0 Å². The van der Waals surface area contributed by atoms with Crippen LogP contribution in [0.25, 0.3) is 0 Å². The van der Waals surface area contributed by atoms with Gasteiger partial charge in [0.2, 0.25) is 5.91 Å². The van der Waals surface area contributed by atoms with Crippen molar-refractivity contribution in [2.24, 2.45) is 0 Å². The molecule has 0 aromatic rings. The van der Waals surface area contributed by atoms with E-state index in [4.69, 9.17) is 11.6 Å². The summed E-state index contributed by atoms with van der Waals surface area (Å²) in [4.78, 5) is 13.2. The molecule has 1 unspecified atom stereocenters. The molecule has 0 heterocycles. The SMILES string of the molecule is CCC(=O)N(C1CC1)C(C1=CCC=CC(Cl)=C1F)C(F)F. The summed E-state index contributed by atoms with van der Waals surface area (Å²) >= 11 is 5.76. The molecule has 0 aromatic carbocycles. The Hall–Kier alpha value is -1.23. The van der Waals surface area contributed by atoms with Crippen molar-refractivity contribution in [3.8, 4) is 0 Å². The number of hydrogen-bond donors (Lipinski definition) is 0. The fraction of sp³-hybridized carbons (Fsp3) is 0.533. The molecule has 1 fully saturated rings. The largest absolute Gasteiger partial charge is 0.327 e. The number of alkyl halides is 2. The summed E-state index contributed by atoms with van der Waals surface area (Å²) < 4.78 is 41.4. The number of rotatable bonds is 5. The summed E-state index contributed by atoms with van der Waals surface area (Å²) in [7, 11) is 0. The second kappa shape index (κ2) is 6.69. The Bertz CT molecular complexity index is 509. The Morgan fingerprint density at radius 2 is 2.14 bits per heavy atom. The molecule has 0 saturated heterocycles. The topological polar surface area (TPSA) is 20.3 Å². The van der Waals surface area contributed by atoms with Crippen LogP contribution in [0.3, 0.4) is 0 Å². The summed E-state index contributed by atoms with van der Waals surface area (Å²) in [6.45, 7) is 1.61. The highest BCUT2D eigenvalue weighted by molar-refractivity contribution is 6.31. The van der Waals surface area contributed by atoms with Gasteiger partial charge in [0.15, 0.2) is 0 Å². The molecule has 0 radical (unpaired) electrons. The van der Waals surface area contributed by atoms with Gasteiger partial charge in [-0.1, -0.05) is 30.7 Å². The van der Waals surface area contributed by atoms with Crippen molar-refractivity contribution in [1.82, 2.24) is 4.90 Å². The third kappa shape index (κ3) is 3.51. The van der Waals surface area contributed by atoms with Gasteiger partial charge in [0.05, 0.1) is 5.03 Å². The lowest BCUT2D eigenvalue weighted by Gasteiger charge is -2.32. The van der Waals surface area contributed by atoms with Gasteiger partial charge in [-0.15, -0.1) is 0 Å². The van der Waals surface area contributed by atoms with Gasteiger partial charge in [-0.25, -0.2) is 13.2 Å². The lowest BCUT2D eigenvalue weighted by atomic mass is 10.0. The zero-order chi connectivity index (χ0) is 15.6. The standard InChI is InChI=1S/C15H17ClF3NO/c1-2-12(21)20(9-7-8-9)14(15(18)19)10-5-3-4-6-11(16)13(10)17/h4-6,9,14-15H,2-3,7-8H2,1H3. The predicted octanol–water partition coefficient (Wildman–Crippen LogP) is 4.33. The molecule has 2 nitrogen and oxygen atoms in total. The number of hydrogen-bond acceptors (Lipinski definition) is 1. The van der Waals surface area contributed by atoms with Gasteiger partial charge in [-0.2, -0.15) is 0 Å². The summed E-state index contributed by atoms with van der Waals surface area (Å²) in [6.07, 6.45) is 3.26. The Morgan fingerprint density at radius 1 is 1.48 bits per heavy atom. The fourth-order valence-electron chi connectivity index (χ4n) is 2.45. The van der Waals surface area contributed by atoms with Crippen LogP contribution in [0.15, 0.2) is 34.7 Å². The van der Waals surface area contributed by atoms with Gasteiger partial charge in [0.25, 0.3) is 6.43 Å². The van der Waals surface area contributed by atoms with E-state index in [0.717, 1.165) is 4.90 Å². The highest BCUT2D eigenvalue weighted by Gasteiger charge is 2.43. The lowest BCUT2D eigenvalue weighted by molar-refractivity contribution is -0.136. The molecule has 0 spiro atoms. The number of halogens is 4. The normalized spacial score (nSPS) is 20.4. The van der Waals surface area contributed by atoms with E-state index in [1.165, 1.54) is 12.2 Å². The van der Waals surface area contributed by atoms with Gasteiger partial charge >= 0.3 is 0 Å². The molecule has 2 aliphatic rings. The molecule has 1 amide bonds. The van der Waals surface area contributed by atoms with Crippen LogP contribution in [0, 0.1) is 0 Å². The third-order valence-electron chi connectivity index (χ3n) is 3.59. The average Bonchev–Trinajstić information content (AvgIpc) is 3.28. The summed E-state index contributed by atoms with van der Waals surface area (Å²) in [5.74, 6) is -1.25. The number of nitrogens with zero attached hydrogens (tertiary/aromatic N) is 1. The van der Waals surface area contributed by atoms with Gasteiger partial charge in [0.1, 0.15) is 11.9 Å². The molecule has 1 saturated carbocycles. The van der Waals surface area contributed by atoms with Crippen LogP contribution in [0.1, 0.15) is 32.6 Å². The molecule has 0 bridgehead atoms. The van der Waals surface area contributed by atoms with Crippen LogP contribution in [0.2, 0.25) is 0 Å². The van der Waals surface area contributed by atoms with E-state index in [-0.39, 0.29) is 29.0 Å². The maximum Gasteiger partial charge on any atom is 0.262 e. The maximum absolute atomic E-state index is 14.3. The van der Waals surface area contributed by atoms with E-state index < -0.39 is 18.3 Å². The molecule has 0 aromatic heterocycles. The minimum Gasteiger partial charge on any atom is -0.327 e. The van der Waals surface area contributed by atoms with Crippen LogP contribution in [0.4, 0.5) is 13.2 Å². The monoisotopic (exact) mass is 319 g/mol. The van der Waals surface area contributed by atoms with Gasteiger partial charge in [-0.05, 0) is 25.3 Å². The zero-order valence-electron chi connectivity index (χ0n) is 11.7. The Kier molecular flexibility index (Phi) is 5.14. The predicted molar refractivity (Wildman–Crippen MR) is 75.8 cm³/mol. The minimum absolute atomic E-state index is 0.115. The Morgan fingerprint density at radius 3 is 2.67 bits per heavy atom. The molecule has 1 atom stereocenters. The molecule has 2 aliphatic carbocycles. The number of amides is 1. The van der Waals surface area contributed by atoms with Crippen LogP contribution in [0.5, 0.6) is 0 Å². The first kappa shape index (κ1) is 16.1. The summed E-state index contributed by atoms with van der Waals surface area (Å²) in [5.41, 5.74) is -0.186. The van der Waals surface area contributed by atoms with Crippen molar-refractivity contribution in [3.05, 3.63) is 34.7 Å². The van der Waals surface area contributed by atoms with Crippen LogP contribution in [-0.4, -0.2) is 29.3 Å². The Balaban J connectivity index is 2.40. The number of carbonyl (C=O) groups excluding carboxylic acids is 1. The first-order chi connectivity index (χ1) is 9.97. The second-order valence-corrected chi connectivity index (χ2v) is 5.53. The van der Waals surface area contributed by atoms with Gasteiger partial charge in [-0.3, -0.25) is 4.79 Å². The molecule has 21 heavy (non-hydrogen) atoms. The smallest absolute Gasteiger partial charge is 0.262 e. The van der Waals surface area contributed by atoms with Crippen molar-refractivity contribution in [2.45, 2.75) is 51.1 Å². The highest BCUT2D eigenvalue weighted by Crippen LogP contribution is 2.37. The molecule has 6 heteroatoms.